The van der Waals surface area contributed by atoms with Gasteiger partial charge in [-0.3, -0.25) is 14.9 Å². The van der Waals surface area contributed by atoms with E-state index in [4.69, 9.17) is 9.88 Å². The topological polar surface area (TPSA) is 171 Å². The molecule has 0 fully saturated rings. The van der Waals surface area contributed by atoms with Crippen LogP contribution >= 0.6 is 0 Å². The lowest BCUT2D eigenvalue weighted by atomic mass is 10.1. The first-order valence-corrected chi connectivity index (χ1v) is 11.6. The molecule has 12 nitrogen and oxygen atoms in total. The molecule has 3 rings (SSSR count). The first-order chi connectivity index (χ1) is 16.1. The summed E-state index contributed by atoms with van der Waals surface area (Å²) in [6.45, 7) is 0.0668. The number of hydrogen-bond donors (Lipinski definition) is 3. The Morgan fingerprint density at radius 3 is 2.53 bits per heavy atom. The molecule has 0 radical (unpaired) electrons. The van der Waals surface area contributed by atoms with Gasteiger partial charge in [0.15, 0.2) is 0 Å². The van der Waals surface area contributed by atoms with Crippen LogP contribution in [-0.2, 0) is 21.9 Å². The minimum absolute atomic E-state index is 0.00876. The number of sulfonamides is 1. The maximum absolute atomic E-state index is 12.7. The number of nitrogens with one attached hydrogen (secondary N) is 2. The summed E-state index contributed by atoms with van der Waals surface area (Å²) < 4.78 is 29.9. The first-order valence-electron chi connectivity index (χ1n) is 10.1. The third kappa shape index (κ3) is 5.88. The molecule has 3 aromatic rings. The number of methoxy groups -OCH3 is 1. The predicted molar refractivity (Wildman–Crippen MR) is 124 cm³/mol. The van der Waals surface area contributed by atoms with Gasteiger partial charge in [-0.15, -0.1) is 0 Å². The molecule has 0 aliphatic carbocycles. The van der Waals surface area contributed by atoms with Crippen molar-refractivity contribution in [2.45, 2.75) is 17.4 Å². The molecule has 2 aromatic carbocycles. The van der Waals surface area contributed by atoms with E-state index in [1.54, 1.807) is 36.2 Å². The molecule has 180 valence electrons. The highest BCUT2D eigenvalue weighted by molar-refractivity contribution is 7.89. The molecule has 4 N–H and O–H groups in total. The average Bonchev–Trinajstić information content (AvgIpc) is 3.22. The van der Waals surface area contributed by atoms with Crippen LogP contribution in [0.15, 0.2) is 59.8 Å². The first kappa shape index (κ1) is 24.7. The number of primary sulfonamides is 1. The van der Waals surface area contributed by atoms with Gasteiger partial charge in [0.2, 0.25) is 15.9 Å². The van der Waals surface area contributed by atoms with E-state index in [9.17, 15) is 23.3 Å². The van der Waals surface area contributed by atoms with Gasteiger partial charge in [-0.2, -0.15) is 0 Å². The van der Waals surface area contributed by atoms with Crippen molar-refractivity contribution in [3.8, 4) is 5.75 Å². The van der Waals surface area contributed by atoms with Crippen molar-refractivity contribution in [2.75, 3.05) is 19.0 Å². The molecular weight excluding hydrogens is 464 g/mol. The number of hydrogen-bond acceptors (Lipinski definition) is 8. The summed E-state index contributed by atoms with van der Waals surface area (Å²) in [4.78, 5) is 27.3. The molecule has 0 bridgehead atoms. The Labute approximate surface area is 196 Å². The number of nitro benzene ring substituents is 1. The number of imidazole rings is 1. The van der Waals surface area contributed by atoms with E-state index >= 15 is 0 Å². The number of ether oxygens (including phenoxy) is 1. The van der Waals surface area contributed by atoms with Crippen molar-refractivity contribution in [1.29, 1.82) is 0 Å². The summed E-state index contributed by atoms with van der Waals surface area (Å²) in [6, 6.07) is 9.96. The number of anilines is 1. The quantitative estimate of drug-likeness (QED) is 0.286. The standard InChI is InChI=1S/C21H24N6O6S/c1-26-12-11-24-21(26)20(14-3-5-15(33-2)6-4-14)25-19(28)9-10-23-17-8-7-16(34(22,31)32)13-18(17)27(29)30/h3-8,11-13,20,23H,9-10H2,1-2H3,(H,25,28)(H2,22,31,32). The maximum atomic E-state index is 12.7. The number of nitrogens with two attached hydrogens (primary N) is 1. The van der Waals surface area contributed by atoms with E-state index in [1.807, 2.05) is 19.2 Å². The normalized spacial score (nSPS) is 12.1. The fourth-order valence-electron chi connectivity index (χ4n) is 3.28. The molecular formula is C21H24N6O6S. The molecule has 1 amide bonds. The summed E-state index contributed by atoms with van der Waals surface area (Å²) in [5.41, 5.74) is 0.405. The van der Waals surface area contributed by atoms with E-state index in [-0.39, 0.29) is 29.5 Å². The zero-order valence-electron chi connectivity index (χ0n) is 18.5. The van der Waals surface area contributed by atoms with Gasteiger partial charge in [0, 0.05) is 38.5 Å². The van der Waals surface area contributed by atoms with Crippen molar-refractivity contribution < 1.29 is 22.9 Å². The molecule has 0 saturated heterocycles. The molecule has 0 aliphatic heterocycles. The van der Waals surface area contributed by atoms with Crippen LogP contribution in [0.3, 0.4) is 0 Å². The van der Waals surface area contributed by atoms with Crippen molar-refractivity contribution in [1.82, 2.24) is 14.9 Å². The molecule has 0 saturated carbocycles. The maximum Gasteiger partial charge on any atom is 0.293 e. The van der Waals surface area contributed by atoms with Gasteiger partial charge in [-0.1, -0.05) is 12.1 Å². The minimum atomic E-state index is -4.09. The Balaban J connectivity index is 1.71. The van der Waals surface area contributed by atoms with Crippen LogP contribution in [0.25, 0.3) is 0 Å². The van der Waals surface area contributed by atoms with E-state index in [2.05, 4.69) is 15.6 Å². The Morgan fingerprint density at radius 2 is 1.97 bits per heavy atom. The number of aromatic nitrogens is 2. The third-order valence-corrected chi connectivity index (χ3v) is 5.94. The van der Waals surface area contributed by atoms with Gasteiger partial charge in [0.05, 0.1) is 16.9 Å². The molecule has 1 unspecified atom stereocenters. The van der Waals surface area contributed by atoms with Crippen molar-refractivity contribution in [2.24, 2.45) is 12.2 Å². The van der Waals surface area contributed by atoms with E-state index in [0.717, 1.165) is 17.7 Å². The summed E-state index contributed by atoms with van der Waals surface area (Å²) >= 11 is 0. The van der Waals surface area contributed by atoms with Crippen LogP contribution in [0, 0.1) is 10.1 Å². The number of aryl methyl sites for hydroxylation is 1. The second-order valence-electron chi connectivity index (χ2n) is 7.33. The number of nitro groups is 1. The molecule has 34 heavy (non-hydrogen) atoms. The van der Waals surface area contributed by atoms with Gasteiger partial charge >= 0.3 is 0 Å². The Bertz CT molecular complexity index is 1290. The molecule has 13 heteroatoms. The van der Waals surface area contributed by atoms with E-state index < -0.39 is 26.7 Å². The highest BCUT2D eigenvalue weighted by atomic mass is 32.2. The smallest absolute Gasteiger partial charge is 0.293 e. The zero-order valence-corrected chi connectivity index (χ0v) is 19.3. The number of nitrogens with zero attached hydrogens (tertiary/aromatic N) is 3. The number of benzene rings is 2. The lowest BCUT2D eigenvalue weighted by molar-refractivity contribution is -0.384. The summed E-state index contributed by atoms with van der Waals surface area (Å²) in [7, 11) is -0.712. The number of carbonyl (C=O) groups excluding carboxylic acids is 1. The van der Waals surface area contributed by atoms with Crippen LogP contribution in [0.1, 0.15) is 23.9 Å². The van der Waals surface area contributed by atoms with Crippen LogP contribution < -0.4 is 20.5 Å². The highest BCUT2D eigenvalue weighted by Gasteiger charge is 2.22. The molecule has 1 heterocycles. The number of carbonyl (C=O) groups is 1. The largest absolute Gasteiger partial charge is 0.497 e. The average molecular weight is 489 g/mol. The van der Waals surface area contributed by atoms with Crippen LogP contribution in [0.5, 0.6) is 5.75 Å². The predicted octanol–water partition coefficient (Wildman–Crippen LogP) is 1.69. The lowest BCUT2D eigenvalue weighted by Crippen LogP contribution is -2.32. The van der Waals surface area contributed by atoms with Gasteiger partial charge in [-0.25, -0.2) is 18.5 Å². The molecule has 0 aliphatic rings. The van der Waals surface area contributed by atoms with Crippen LogP contribution in [0.2, 0.25) is 0 Å². The van der Waals surface area contributed by atoms with E-state index in [1.165, 1.54) is 6.07 Å². The summed E-state index contributed by atoms with van der Waals surface area (Å²) in [6.07, 6.45) is 3.39. The fraction of sp³-hybridized carbons (Fsp3) is 0.238. The molecule has 1 atom stereocenters. The molecule has 0 spiro atoms. The zero-order chi connectivity index (χ0) is 24.9. The highest BCUT2D eigenvalue weighted by Crippen LogP contribution is 2.27. The Kier molecular flexibility index (Phi) is 7.48. The second-order valence-corrected chi connectivity index (χ2v) is 8.89. The third-order valence-electron chi connectivity index (χ3n) is 5.03. The Hall–Kier alpha value is -3.97. The van der Waals surface area contributed by atoms with E-state index in [0.29, 0.717) is 11.6 Å². The van der Waals surface area contributed by atoms with Crippen LogP contribution in [0.4, 0.5) is 11.4 Å². The SMILES string of the molecule is COc1ccc(C(NC(=O)CCNc2ccc(S(N)(=O)=O)cc2[N+](=O)[O-])c2nccn2C)cc1. The Morgan fingerprint density at radius 1 is 1.26 bits per heavy atom. The second kappa shape index (κ2) is 10.3. The number of rotatable bonds is 10. The van der Waals surface area contributed by atoms with Gasteiger partial charge in [-0.05, 0) is 29.8 Å². The monoisotopic (exact) mass is 488 g/mol. The lowest BCUT2D eigenvalue weighted by Gasteiger charge is -2.19. The van der Waals surface area contributed by atoms with Gasteiger partial charge in [0.1, 0.15) is 23.3 Å². The van der Waals surface area contributed by atoms with Gasteiger partial charge < -0.3 is 19.9 Å². The fourth-order valence-corrected chi connectivity index (χ4v) is 3.82. The summed E-state index contributed by atoms with van der Waals surface area (Å²) in [5.74, 6) is 0.980. The number of amides is 1. The minimum Gasteiger partial charge on any atom is -0.497 e. The molecule has 1 aromatic heterocycles. The summed E-state index contributed by atoms with van der Waals surface area (Å²) in [5, 5.41) is 22.1. The van der Waals surface area contributed by atoms with Crippen molar-refractivity contribution in [3.63, 3.8) is 0 Å². The van der Waals surface area contributed by atoms with Crippen LogP contribution in [-0.4, -0.2) is 42.5 Å². The van der Waals surface area contributed by atoms with Gasteiger partial charge in [0.25, 0.3) is 5.69 Å². The van der Waals surface area contributed by atoms with Crippen molar-refractivity contribution >= 4 is 27.3 Å². The van der Waals surface area contributed by atoms with Crippen molar-refractivity contribution in [3.05, 3.63) is 76.4 Å².